The lowest BCUT2D eigenvalue weighted by Crippen LogP contribution is -2.41. The number of sulfonamides is 1. The number of amides is 1. The molecule has 1 saturated carbocycles. The summed E-state index contributed by atoms with van der Waals surface area (Å²) in [6, 6.07) is 13.0. The molecule has 0 bridgehead atoms. The molecule has 0 unspecified atom stereocenters. The van der Waals surface area contributed by atoms with Gasteiger partial charge in [-0.3, -0.25) is 4.79 Å². The number of benzene rings is 2. The lowest BCUT2D eigenvalue weighted by Gasteiger charge is -2.30. The predicted octanol–water partition coefficient (Wildman–Crippen LogP) is 4.27. The molecule has 32 heavy (non-hydrogen) atoms. The van der Waals surface area contributed by atoms with Crippen molar-refractivity contribution in [3.8, 4) is 0 Å². The largest absolute Gasteiger partial charge is 0.376 e. The number of aryl methyl sites for hydroxylation is 2. The number of hydrogen-bond donors (Lipinski definition) is 1. The Morgan fingerprint density at radius 1 is 1.03 bits per heavy atom. The summed E-state index contributed by atoms with van der Waals surface area (Å²) < 4.78 is 33.2. The molecule has 0 spiro atoms. The summed E-state index contributed by atoms with van der Waals surface area (Å²) in [6.45, 7) is 5.94. The van der Waals surface area contributed by atoms with Crippen LogP contribution >= 0.6 is 0 Å². The highest BCUT2D eigenvalue weighted by molar-refractivity contribution is 7.89. The third kappa shape index (κ3) is 5.57. The maximum absolute atomic E-state index is 13.0. The van der Waals surface area contributed by atoms with Gasteiger partial charge in [0.1, 0.15) is 0 Å². The van der Waals surface area contributed by atoms with E-state index in [4.69, 9.17) is 4.74 Å². The van der Waals surface area contributed by atoms with Crippen LogP contribution in [0.25, 0.3) is 0 Å². The quantitative estimate of drug-likeness (QED) is 0.644. The minimum atomic E-state index is -3.54. The normalized spacial score (nSPS) is 17.9. The van der Waals surface area contributed by atoms with Gasteiger partial charge in [0, 0.05) is 31.3 Å². The standard InChI is InChI=1S/C25H32N2O4S/c1-18-6-9-24(14-19(18)2)32(29,30)27-12-10-22(11-13-27)25(28)26-23-5-3-4-21(15-23)17-31-16-20-7-8-20/h3-6,9,14-15,20,22H,7-8,10-13,16-17H2,1-2H3,(H,26,28). The fraction of sp³-hybridized carbons (Fsp3) is 0.480. The van der Waals surface area contributed by atoms with Crippen molar-refractivity contribution in [2.75, 3.05) is 25.0 Å². The summed E-state index contributed by atoms with van der Waals surface area (Å²) in [4.78, 5) is 13.1. The topological polar surface area (TPSA) is 75.7 Å². The smallest absolute Gasteiger partial charge is 0.243 e. The van der Waals surface area contributed by atoms with E-state index in [0.29, 0.717) is 37.4 Å². The van der Waals surface area contributed by atoms with Gasteiger partial charge in [-0.25, -0.2) is 8.42 Å². The maximum Gasteiger partial charge on any atom is 0.243 e. The molecule has 1 saturated heterocycles. The average Bonchev–Trinajstić information content (AvgIpc) is 3.60. The maximum atomic E-state index is 13.0. The predicted molar refractivity (Wildman–Crippen MR) is 125 cm³/mol. The molecule has 2 fully saturated rings. The molecule has 0 aromatic heterocycles. The minimum Gasteiger partial charge on any atom is -0.376 e. The molecule has 1 aliphatic carbocycles. The third-order valence-corrected chi connectivity index (χ3v) is 8.35. The minimum absolute atomic E-state index is 0.0516. The summed E-state index contributed by atoms with van der Waals surface area (Å²) >= 11 is 0. The molecule has 1 N–H and O–H groups in total. The molecule has 2 aromatic carbocycles. The van der Waals surface area contributed by atoms with E-state index in [1.807, 2.05) is 44.2 Å². The number of nitrogens with zero attached hydrogens (tertiary/aromatic N) is 1. The van der Waals surface area contributed by atoms with Crippen molar-refractivity contribution in [1.82, 2.24) is 4.31 Å². The molecule has 1 aliphatic heterocycles. The lowest BCUT2D eigenvalue weighted by molar-refractivity contribution is -0.120. The van der Waals surface area contributed by atoms with Gasteiger partial charge >= 0.3 is 0 Å². The van der Waals surface area contributed by atoms with Gasteiger partial charge in [0.05, 0.1) is 11.5 Å². The number of anilines is 1. The number of ether oxygens (including phenoxy) is 1. The van der Waals surface area contributed by atoms with E-state index in [0.717, 1.165) is 34.9 Å². The molecule has 2 aliphatic rings. The Kier molecular flexibility index (Phi) is 6.98. The fourth-order valence-corrected chi connectivity index (χ4v) is 5.55. The molecule has 0 atom stereocenters. The van der Waals surface area contributed by atoms with Crippen LogP contribution in [0.3, 0.4) is 0 Å². The Hall–Kier alpha value is -2.22. The molecule has 172 valence electrons. The number of carbonyl (C=O) groups is 1. The first-order valence-corrected chi connectivity index (χ1v) is 12.8. The van der Waals surface area contributed by atoms with Gasteiger partial charge in [-0.1, -0.05) is 18.2 Å². The van der Waals surface area contributed by atoms with Crippen LogP contribution in [0.5, 0.6) is 0 Å². The van der Waals surface area contributed by atoms with Crippen molar-refractivity contribution in [3.63, 3.8) is 0 Å². The van der Waals surface area contributed by atoms with Crippen LogP contribution in [0.2, 0.25) is 0 Å². The highest BCUT2D eigenvalue weighted by Gasteiger charge is 2.32. The van der Waals surface area contributed by atoms with Crippen LogP contribution in [-0.2, 0) is 26.2 Å². The van der Waals surface area contributed by atoms with Gasteiger partial charge in [0.25, 0.3) is 0 Å². The Labute approximate surface area is 191 Å². The second-order valence-corrected chi connectivity index (χ2v) is 11.0. The molecule has 1 amide bonds. The van der Waals surface area contributed by atoms with E-state index < -0.39 is 10.0 Å². The average molecular weight is 457 g/mol. The van der Waals surface area contributed by atoms with E-state index in [1.54, 1.807) is 12.1 Å². The lowest BCUT2D eigenvalue weighted by atomic mass is 9.97. The van der Waals surface area contributed by atoms with Crippen LogP contribution in [0.4, 0.5) is 5.69 Å². The van der Waals surface area contributed by atoms with Gasteiger partial charge in [0.15, 0.2) is 0 Å². The summed E-state index contributed by atoms with van der Waals surface area (Å²) in [5.74, 6) is 0.475. The van der Waals surface area contributed by atoms with Crippen molar-refractivity contribution in [3.05, 3.63) is 59.2 Å². The third-order valence-electron chi connectivity index (χ3n) is 6.45. The number of carbonyl (C=O) groups excluding carboxylic acids is 1. The molecular weight excluding hydrogens is 424 g/mol. The molecule has 1 heterocycles. The summed E-state index contributed by atoms with van der Waals surface area (Å²) in [5, 5.41) is 3.00. The van der Waals surface area contributed by atoms with Crippen molar-refractivity contribution >= 4 is 21.6 Å². The molecule has 7 heteroatoms. The second kappa shape index (κ2) is 9.73. The first-order chi connectivity index (χ1) is 15.3. The molecular formula is C25H32N2O4S. The van der Waals surface area contributed by atoms with Crippen molar-refractivity contribution < 1.29 is 17.9 Å². The Bertz CT molecular complexity index is 1070. The van der Waals surface area contributed by atoms with Gasteiger partial charge < -0.3 is 10.1 Å². The number of nitrogens with one attached hydrogen (secondary N) is 1. The first-order valence-electron chi connectivity index (χ1n) is 11.4. The SMILES string of the molecule is Cc1ccc(S(=O)(=O)N2CCC(C(=O)Nc3cccc(COCC4CC4)c3)CC2)cc1C. The van der Waals surface area contributed by atoms with Gasteiger partial charge in [-0.05, 0) is 86.4 Å². The first kappa shape index (κ1) is 23.0. The molecule has 0 radical (unpaired) electrons. The summed E-state index contributed by atoms with van der Waals surface area (Å²) in [7, 11) is -3.54. The Morgan fingerprint density at radius 3 is 2.47 bits per heavy atom. The monoisotopic (exact) mass is 456 g/mol. The fourth-order valence-electron chi connectivity index (χ4n) is 3.99. The molecule has 6 nitrogen and oxygen atoms in total. The molecule has 4 rings (SSSR count). The van der Waals surface area contributed by atoms with E-state index in [2.05, 4.69) is 5.32 Å². The van der Waals surface area contributed by atoms with Gasteiger partial charge in [-0.15, -0.1) is 0 Å². The number of rotatable bonds is 8. The van der Waals surface area contributed by atoms with Crippen LogP contribution in [0.1, 0.15) is 42.4 Å². The van der Waals surface area contributed by atoms with Gasteiger partial charge in [-0.2, -0.15) is 4.31 Å². The van der Waals surface area contributed by atoms with Crippen molar-refractivity contribution in [2.24, 2.45) is 11.8 Å². The summed E-state index contributed by atoms with van der Waals surface area (Å²) in [6.07, 6.45) is 3.56. The summed E-state index contributed by atoms with van der Waals surface area (Å²) in [5.41, 5.74) is 3.82. The van der Waals surface area contributed by atoms with Crippen LogP contribution in [0, 0.1) is 25.7 Å². The van der Waals surface area contributed by atoms with Crippen LogP contribution in [0.15, 0.2) is 47.4 Å². The Balaban J connectivity index is 1.31. The van der Waals surface area contributed by atoms with Crippen molar-refractivity contribution in [1.29, 1.82) is 0 Å². The Morgan fingerprint density at radius 2 is 1.78 bits per heavy atom. The van der Waals surface area contributed by atoms with E-state index >= 15 is 0 Å². The van der Waals surface area contributed by atoms with Crippen LogP contribution in [-0.4, -0.2) is 38.3 Å². The van der Waals surface area contributed by atoms with Crippen LogP contribution < -0.4 is 5.32 Å². The molecule has 2 aromatic rings. The van der Waals surface area contributed by atoms with E-state index in [9.17, 15) is 13.2 Å². The zero-order valence-electron chi connectivity index (χ0n) is 18.8. The number of hydrogen-bond acceptors (Lipinski definition) is 4. The highest BCUT2D eigenvalue weighted by atomic mass is 32.2. The van der Waals surface area contributed by atoms with E-state index in [-0.39, 0.29) is 11.8 Å². The van der Waals surface area contributed by atoms with Crippen molar-refractivity contribution in [2.45, 2.75) is 51.0 Å². The van der Waals surface area contributed by atoms with E-state index in [1.165, 1.54) is 17.1 Å². The number of piperidine rings is 1. The zero-order chi connectivity index (χ0) is 22.7. The van der Waals surface area contributed by atoms with Gasteiger partial charge in [0.2, 0.25) is 15.9 Å². The second-order valence-electron chi connectivity index (χ2n) is 9.07. The highest BCUT2D eigenvalue weighted by Crippen LogP contribution is 2.29. The zero-order valence-corrected chi connectivity index (χ0v) is 19.7.